The van der Waals surface area contributed by atoms with Gasteiger partial charge in [-0.25, -0.2) is 8.78 Å². The Morgan fingerprint density at radius 3 is 2.41 bits per heavy atom. The summed E-state index contributed by atoms with van der Waals surface area (Å²) in [6.45, 7) is 3.20. The number of amides is 2. The van der Waals surface area contributed by atoms with Gasteiger partial charge in [-0.05, 0) is 49.7 Å². The molecule has 2 amide bonds. The third kappa shape index (κ3) is 4.66. The molecular weight excluding hydrogens is 350 g/mol. The minimum atomic E-state index is -0.596. The van der Waals surface area contributed by atoms with Crippen molar-refractivity contribution in [3.8, 4) is 0 Å². The molecule has 2 aliphatic rings. The Labute approximate surface area is 159 Å². The van der Waals surface area contributed by atoms with E-state index in [2.05, 4.69) is 0 Å². The van der Waals surface area contributed by atoms with E-state index in [9.17, 15) is 18.4 Å². The lowest BCUT2D eigenvalue weighted by molar-refractivity contribution is -0.137. The summed E-state index contributed by atoms with van der Waals surface area (Å²) < 4.78 is 27.5. The highest BCUT2D eigenvalue weighted by Gasteiger charge is 2.38. The zero-order valence-corrected chi connectivity index (χ0v) is 16.1. The molecule has 0 N–H and O–H groups in total. The van der Waals surface area contributed by atoms with Crippen LogP contribution in [-0.2, 0) is 16.0 Å². The van der Waals surface area contributed by atoms with Crippen LogP contribution in [0.2, 0.25) is 0 Å². The smallest absolute Gasteiger partial charge is 0.225 e. The topological polar surface area (TPSA) is 40.6 Å². The number of hydrogen-bond acceptors (Lipinski definition) is 2. The minimum absolute atomic E-state index is 0.0947. The van der Waals surface area contributed by atoms with Crippen molar-refractivity contribution in [2.45, 2.75) is 51.5 Å². The van der Waals surface area contributed by atoms with Crippen molar-refractivity contribution in [1.82, 2.24) is 9.80 Å². The first-order chi connectivity index (χ1) is 12.9. The third-order valence-electron chi connectivity index (χ3n) is 5.95. The summed E-state index contributed by atoms with van der Waals surface area (Å²) in [6, 6.07) is 3.50. The van der Waals surface area contributed by atoms with Crippen LogP contribution in [0.4, 0.5) is 8.78 Å². The standard InChI is InChI=1S/C21H28F2N2O2/c1-3-20(26)25-10-8-14(9-11-25)19(24(2)21(27)15-4-5-15)12-16-6-7-17(22)13-18(16)23/h6-7,13-15,19H,3-5,8-12H2,1-2H3. The summed E-state index contributed by atoms with van der Waals surface area (Å²) in [5.74, 6) is -0.598. The number of nitrogens with zero attached hydrogens (tertiary/aromatic N) is 2. The monoisotopic (exact) mass is 378 g/mol. The number of likely N-dealkylation sites (tertiary alicyclic amines) is 1. The Balaban J connectivity index is 1.75. The third-order valence-corrected chi connectivity index (χ3v) is 5.95. The van der Waals surface area contributed by atoms with Crippen LogP contribution in [0, 0.1) is 23.5 Å². The fourth-order valence-corrected chi connectivity index (χ4v) is 4.07. The molecule has 3 rings (SSSR count). The van der Waals surface area contributed by atoms with Gasteiger partial charge in [0.05, 0.1) is 0 Å². The van der Waals surface area contributed by atoms with Crippen LogP contribution in [0.5, 0.6) is 0 Å². The van der Waals surface area contributed by atoms with Crippen molar-refractivity contribution >= 4 is 11.8 Å². The Kier molecular flexibility index (Phi) is 6.12. The van der Waals surface area contributed by atoms with Crippen LogP contribution in [0.15, 0.2) is 18.2 Å². The number of carbonyl (C=O) groups excluding carboxylic acids is 2. The van der Waals surface area contributed by atoms with Gasteiger partial charge in [0.1, 0.15) is 11.6 Å². The highest BCUT2D eigenvalue weighted by molar-refractivity contribution is 5.81. The quantitative estimate of drug-likeness (QED) is 0.761. The van der Waals surface area contributed by atoms with Crippen molar-refractivity contribution in [2.24, 2.45) is 11.8 Å². The van der Waals surface area contributed by atoms with Gasteiger partial charge in [-0.2, -0.15) is 0 Å². The van der Waals surface area contributed by atoms with Crippen LogP contribution in [0.25, 0.3) is 0 Å². The number of halogens is 2. The van der Waals surface area contributed by atoms with E-state index in [1.54, 1.807) is 11.9 Å². The van der Waals surface area contributed by atoms with Gasteiger partial charge in [0.15, 0.2) is 0 Å². The van der Waals surface area contributed by atoms with Crippen LogP contribution < -0.4 is 0 Å². The number of benzene rings is 1. The molecule has 1 atom stereocenters. The number of rotatable bonds is 6. The van der Waals surface area contributed by atoms with Gasteiger partial charge < -0.3 is 9.80 Å². The van der Waals surface area contributed by atoms with Crippen molar-refractivity contribution < 1.29 is 18.4 Å². The summed E-state index contributed by atoms with van der Waals surface area (Å²) in [6.07, 6.45) is 4.29. The molecule has 1 aliphatic carbocycles. The number of carbonyl (C=O) groups is 2. The molecule has 1 aromatic rings. The second-order valence-electron chi connectivity index (χ2n) is 7.80. The van der Waals surface area contributed by atoms with E-state index >= 15 is 0 Å². The van der Waals surface area contributed by atoms with E-state index < -0.39 is 11.6 Å². The van der Waals surface area contributed by atoms with Gasteiger partial charge in [0.25, 0.3) is 0 Å². The maximum Gasteiger partial charge on any atom is 0.225 e. The minimum Gasteiger partial charge on any atom is -0.343 e. The number of piperidine rings is 1. The van der Waals surface area contributed by atoms with Gasteiger partial charge in [0, 0.05) is 44.6 Å². The zero-order valence-electron chi connectivity index (χ0n) is 16.1. The lowest BCUT2D eigenvalue weighted by Gasteiger charge is -2.40. The van der Waals surface area contributed by atoms with Gasteiger partial charge in [0.2, 0.25) is 11.8 Å². The molecule has 0 spiro atoms. The lowest BCUT2D eigenvalue weighted by atomic mass is 9.84. The first kappa shape index (κ1) is 19.8. The Hall–Kier alpha value is -1.98. The van der Waals surface area contributed by atoms with E-state index in [-0.39, 0.29) is 29.7 Å². The number of likely N-dealkylation sites (N-methyl/N-ethyl adjacent to an activating group) is 1. The molecule has 0 aromatic heterocycles. The molecule has 2 fully saturated rings. The summed E-state index contributed by atoms with van der Waals surface area (Å²) in [5.41, 5.74) is 0.434. The van der Waals surface area contributed by atoms with E-state index in [1.165, 1.54) is 12.1 Å². The fourth-order valence-electron chi connectivity index (χ4n) is 4.07. The fraction of sp³-hybridized carbons (Fsp3) is 0.619. The molecule has 0 radical (unpaired) electrons. The molecule has 0 bridgehead atoms. The normalized spacial score (nSPS) is 19.0. The average Bonchev–Trinajstić information content (AvgIpc) is 3.51. The SMILES string of the molecule is CCC(=O)N1CCC(C(Cc2ccc(F)cc2F)N(C)C(=O)C2CC2)CC1. The second kappa shape index (κ2) is 8.36. The molecule has 1 aliphatic heterocycles. The molecule has 27 heavy (non-hydrogen) atoms. The summed E-state index contributed by atoms with van der Waals surface area (Å²) in [7, 11) is 1.80. The first-order valence-corrected chi connectivity index (χ1v) is 9.89. The zero-order chi connectivity index (χ0) is 19.6. The summed E-state index contributed by atoms with van der Waals surface area (Å²) >= 11 is 0. The van der Waals surface area contributed by atoms with Crippen LogP contribution in [-0.4, -0.2) is 47.8 Å². The molecule has 1 unspecified atom stereocenters. The maximum absolute atomic E-state index is 14.2. The molecular formula is C21H28F2N2O2. The van der Waals surface area contributed by atoms with Crippen LogP contribution in [0.3, 0.4) is 0 Å². The van der Waals surface area contributed by atoms with Crippen molar-refractivity contribution in [3.63, 3.8) is 0 Å². The molecule has 148 valence electrons. The number of hydrogen-bond donors (Lipinski definition) is 0. The first-order valence-electron chi connectivity index (χ1n) is 9.89. The predicted octanol–water partition coefficient (Wildman–Crippen LogP) is 3.39. The van der Waals surface area contributed by atoms with Gasteiger partial charge in [-0.15, -0.1) is 0 Å². The molecule has 1 aromatic carbocycles. The van der Waals surface area contributed by atoms with Crippen LogP contribution >= 0.6 is 0 Å². The highest BCUT2D eigenvalue weighted by atomic mass is 19.1. The largest absolute Gasteiger partial charge is 0.343 e. The average molecular weight is 378 g/mol. The maximum atomic E-state index is 14.2. The molecule has 6 heteroatoms. The Morgan fingerprint density at radius 2 is 1.85 bits per heavy atom. The van der Waals surface area contributed by atoms with Crippen molar-refractivity contribution in [2.75, 3.05) is 20.1 Å². The van der Waals surface area contributed by atoms with Crippen LogP contribution in [0.1, 0.15) is 44.6 Å². The lowest BCUT2D eigenvalue weighted by Crippen LogP contribution is -2.48. The molecule has 1 saturated heterocycles. The second-order valence-corrected chi connectivity index (χ2v) is 7.80. The molecule has 1 saturated carbocycles. The van der Waals surface area contributed by atoms with E-state index in [0.29, 0.717) is 31.5 Å². The van der Waals surface area contributed by atoms with Gasteiger partial charge in [-0.1, -0.05) is 13.0 Å². The van der Waals surface area contributed by atoms with E-state index in [4.69, 9.17) is 0 Å². The Morgan fingerprint density at radius 1 is 1.19 bits per heavy atom. The molecule has 4 nitrogen and oxygen atoms in total. The van der Waals surface area contributed by atoms with E-state index in [0.717, 1.165) is 31.7 Å². The van der Waals surface area contributed by atoms with Gasteiger partial charge >= 0.3 is 0 Å². The predicted molar refractivity (Wildman–Crippen MR) is 98.9 cm³/mol. The Bertz CT molecular complexity index is 697. The van der Waals surface area contributed by atoms with Crippen molar-refractivity contribution in [3.05, 3.63) is 35.4 Å². The highest BCUT2D eigenvalue weighted by Crippen LogP contribution is 2.34. The summed E-state index contributed by atoms with van der Waals surface area (Å²) in [5, 5.41) is 0. The molecule has 1 heterocycles. The van der Waals surface area contributed by atoms with Gasteiger partial charge in [-0.3, -0.25) is 9.59 Å². The van der Waals surface area contributed by atoms with E-state index in [1.807, 2.05) is 11.8 Å². The van der Waals surface area contributed by atoms with Crippen molar-refractivity contribution in [1.29, 1.82) is 0 Å². The summed E-state index contributed by atoms with van der Waals surface area (Å²) in [4.78, 5) is 28.2.